The normalized spacial score (nSPS) is 15.2. The number of benzene rings is 1. The van der Waals surface area contributed by atoms with Gasteiger partial charge in [-0.1, -0.05) is 0 Å². The van der Waals surface area contributed by atoms with E-state index in [0.717, 1.165) is 38.7 Å². The first kappa shape index (κ1) is 25.1. The first-order valence-electron chi connectivity index (χ1n) is 9.94. The number of aliphatic hydroxyl groups excluding tert-OH is 1. The highest BCUT2D eigenvalue weighted by Gasteiger charge is 2.20. The Kier molecular flexibility index (Phi) is 10.3. The lowest BCUT2D eigenvalue weighted by atomic mass is 10.3. The number of rotatable bonds is 8. The zero-order valence-electron chi connectivity index (χ0n) is 17.3. The molecule has 2 N–H and O–H groups in total. The minimum absolute atomic E-state index is 0. The van der Waals surface area contributed by atoms with Gasteiger partial charge in [-0.2, -0.15) is 0 Å². The second-order valence-corrected chi connectivity index (χ2v) is 7.76. The molecule has 0 saturated carbocycles. The lowest BCUT2D eigenvalue weighted by Gasteiger charge is -2.37. The summed E-state index contributed by atoms with van der Waals surface area (Å²) in [6.45, 7) is 6.62. The van der Waals surface area contributed by atoms with E-state index in [4.69, 9.17) is 4.74 Å². The molecule has 9 nitrogen and oxygen atoms in total. The summed E-state index contributed by atoms with van der Waals surface area (Å²) >= 11 is 1.75. The minimum Gasteiger partial charge on any atom is -0.491 e. The van der Waals surface area contributed by atoms with E-state index in [0.29, 0.717) is 5.75 Å². The molecule has 0 radical (unpaired) electrons. The van der Waals surface area contributed by atoms with Gasteiger partial charge in [-0.25, -0.2) is 0 Å². The van der Waals surface area contributed by atoms with Crippen LogP contribution in [0.1, 0.15) is 6.92 Å². The van der Waals surface area contributed by atoms with E-state index in [9.17, 15) is 15.2 Å². The molecular weight excluding hydrogens is 533 g/mol. The summed E-state index contributed by atoms with van der Waals surface area (Å²) in [6, 6.07) is 9.99. The van der Waals surface area contributed by atoms with Gasteiger partial charge in [-0.05, 0) is 36.6 Å². The average molecular weight is 561 g/mol. The molecule has 11 heteroatoms. The van der Waals surface area contributed by atoms with E-state index in [1.807, 2.05) is 6.92 Å². The number of aliphatic imine (C=N–C) groups is 1. The molecule has 1 aliphatic rings. The molecule has 2 heterocycles. The molecule has 1 aromatic carbocycles. The fourth-order valence-electron chi connectivity index (χ4n) is 3.12. The van der Waals surface area contributed by atoms with Crippen molar-refractivity contribution in [2.75, 3.05) is 50.8 Å². The van der Waals surface area contributed by atoms with E-state index in [1.54, 1.807) is 11.3 Å². The molecule has 0 spiro atoms. The number of hydrogen-bond acceptors (Lipinski definition) is 7. The van der Waals surface area contributed by atoms with Gasteiger partial charge in [0.25, 0.3) is 5.69 Å². The monoisotopic (exact) mass is 561 g/mol. The van der Waals surface area contributed by atoms with Crippen LogP contribution < -0.4 is 15.0 Å². The Hall–Kier alpha value is -2.12. The van der Waals surface area contributed by atoms with E-state index in [2.05, 4.69) is 37.6 Å². The minimum atomic E-state index is -0.777. The van der Waals surface area contributed by atoms with Crippen LogP contribution in [0.5, 0.6) is 5.75 Å². The molecule has 1 unspecified atom stereocenters. The van der Waals surface area contributed by atoms with Crippen LogP contribution in [0.3, 0.4) is 0 Å². The lowest BCUT2D eigenvalue weighted by Crippen LogP contribution is -2.52. The summed E-state index contributed by atoms with van der Waals surface area (Å²) in [6.07, 6.45) is -0.777. The summed E-state index contributed by atoms with van der Waals surface area (Å²) in [4.78, 5) is 19.4. The zero-order valence-corrected chi connectivity index (χ0v) is 20.5. The largest absolute Gasteiger partial charge is 0.491 e. The molecule has 1 fully saturated rings. The first-order valence-corrected chi connectivity index (χ1v) is 10.8. The summed E-state index contributed by atoms with van der Waals surface area (Å²) in [5.74, 6) is 1.26. The topological polar surface area (TPSA) is 103 Å². The Morgan fingerprint density at radius 2 is 2.00 bits per heavy atom. The van der Waals surface area contributed by atoms with Crippen LogP contribution in [0.25, 0.3) is 0 Å². The van der Waals surface area contributed by atoms with Crippen LogP contribution in [0.15, 0.2) is 46.8 Å². The molecule has 1 aromatic heterocycles. The number of non-ortho nitro benzene ring substituents is 1. The number of nitrogens with one attached hydrogen (secondary N) is 1. The number of halogens is 1. The highest BCUT2D eigenvalue weighted by molar-refractivity contribution is 14.0. The van der Waals surface area contributed by atoms with Gasteiger partial charge in [-0.3, -0.25) is 15.1 Å². The Labute approximate surface area is 202 Å². The third-order valence-electron chi connectivity index (χ3n) is 4.67. The Morgan fingerprint density at radius 3 is 2.58 bits per heavy atom. The van der Waals surface area contributed by atoms with Crippen molar-refractivity contribution >= 4 is 52.0 Å². The Morgan fingerprint density at radius 1 is 1.29 bits per heavy atom. The van der Waals surface area contributed by atoms with Crippen LogP contribution in [0.4, 0.5) is 10.7 Å². The summed E-state index contributed by atoms with van der Waals surface area (Å²) in [5.41, 5.74) is 0.00181. The number of nitro benzene ring substituents is 1. The summed E-state index contributed by atoms with van der Waals surface area (Å²) in [7, 11) is 0. The third kappa shape index (κ3) is 7.51. The maximum atomic E-state index is 10.7. The van der Waals surface area contributed by atoms with E-state index in [1.165, 1.54) is 29.3 Å². The second-order valence-electron chi connectivity index (χ2n) is 6.84. The van der Waals surface area contributed by atoms with Crippen molar-refractivity contribution in [2.45, 2.75) is 13.0 Å². The van der Waals surface area contributed by atoms with Gasteiger partial charge < -0.3 is 25.0 Å². The van der Waals surface area contributed by atoms with E-state index >= 15 is 0 Å². The van der Waals surface area contributed by atoms with Crippen LogP contribution in [-0.4, -0.2) is 72.9 Å². The van der Waals surface area contributed by atoms with Gasteiger partial charge in [0.1, 0.15) is 18.5 Å². The zero-order chi connectivity index (χ0) is 21.3. The molecule has 3 rings (SSSR count). The Bertz CT molecular complexity index is 827. The van der Waals surface area contributed by atoms with Gasteiger partial charge in [0.05, 0.1) is 16.5 Å². The molecule has 170 valence electrons. The molecule has 1 saturated heterocycles. The van der Waals surface area contributed by atoms with Crippen molar-refractivity contribution in [2.24, 2.45) is 4.99 Å². The smallest absolute Gasteiger partial charge is 0.269 e. The number of thiophene rings is 1. The molecule has 0 amide bonds. The number of hydrogen-bond donors (Lipinski definition) is 2. The standard InChI is InChI=1S/C20H27N5O4S.HI/c1-2-21-20(24-11-9-23(10-12-24)19-4-3-13-30-19)22-14-17(26)15-29-18-7-5-16(6-8-18)25(27)28;/h3-8,13,17,26H,2,9-12,14-15H2,1H3,(H,21,22);1H. The van der Waals surface area contributed by atoms with Crippen LogP contribution in [-0.2, 0) is 0 Å². The van der Waals surface area contributed by atoms with E-state index in [-0.39, 0.29) is 42.8 Å². The van der Waals surface area contributed by atoms with Crippen molar-refractivity contribution in [3.8, 4) is 5.75 Å². The highest BCUT2D eigenvalue weighted by Crippen LogP contribution is 2.22. The quantitative estimate of drug-likeness (QED) is 0.168. The molecule has 2 aromatic rings. The van der Waals surface area contributed by atoms with Crippen molar-refractivity contribution < 1.29 is 14.8 Å². The number of aliphatic hydroxyl groups is 1. The van der Waals surface area contributed by atoms with Gasteiger partial charge in [-0.15, -0.1) is 35.3 Å². The van der Waals surface area contributed by atoms with Crippen molar-refractivity contribution in [3.63, 3.8) is 0 Å². The maximum Gasteiger partial charge on any atom is 0.269 e. The van der Waals surface area contributed by atoms with Crippen LogP contribution in [0, 0.1) is 10.1 Å². The molecule has 1 atom stereocenters. The van der Waals surface area contributed by atoms with Crippen LogP contribution >= 0.6 is 35.3 Å². The number of guanidine groups is 1. The fraction of sp³-hybridized carbons (Fsp3) is 0.450. The van der Waals surface area contributed by atoms with Crippen molar-refractivity contribution in [1.29, 1.82) is 0 Å². The summed E-state index contributed by atoms with van der Waals surface area (Å²) in [5, 5.41) is 27.6. The predicted octanol–water partition coefficient (Wildman–Crippen LogP) is 2.80. The molecule has 1 aliphatic heterocycles. The average Bonchev–Trinajstić information content (AvgIpc) is 3.30. The van der Waals surface area contributed by atoms with Crippen molar-refractivity contribution in [1.82, 2.24) is 10.2 Å². The maximum absolute atomic E-state index is 10.7. The molecule has 0 aliphatic carbocycles. The van der Waals surface area contributed by atoms with Gasteiger partial charge in [0, 0.05) is 44.9 Å². The lowest BCUT2D eigenvalue weighted by molar-refractivity contribution is -0.384. The Balaban J connectivity index is 0.00000341. The van der Waals surface area contributed by atoms with Gasteiger partial charge >= 0.3 is 0 Å². The predicted molar refractivity (Wildman–Crippen MR) is 134 cm³/mol. The SMILES string of the molecule is CCNC(=NCC(O)COc1ccc([N+](=O)[O-])cc1)N1CCN(c2cccs2)CC1.I. The van der Waals surface area contributed by atoms with Crippen molar-refractivity contribution in [3.05, 3.63) is 51.9 Å². The molecule has 0 bridgehead atoms. The van der Waals surface area contributed by atoms with Gasteiger partial charge in [0.15, 0.2) is 5.96 Å². The molecular formula is C20H28IN5O4S. The number of nitrogens with zero attached hydrogens (tertiary/aromatic N) is 4. The van der Waals surface area contributed by atoms with Gasteiger partial charge in [0.2, 0.25) is 0 Å². The third-order valence-corrected chi connectivity index (χ3v) is 5.60. The first-order chi connectivity index (χ1) is 14.6. The fourth-order valence-corrected chi connectivity index (χ4v) is 3.90. The number of nitro groups is 1. The molecule has 31 heavy (non-hydrogen) atoms. The number of piperazine rings is 1. The highest BCUT2D eigenvalue weighted by atomic mass is 127. The second kappa shape index (κ2) is 12.7. The van der Waals surface area contributed by atoms with Crippen LogP contribution in [0.2, 0.25) is 0 Å². The summed E-state index contributed by atoms with van der Waals surface area (Å²) < 4.78 is 5.51. The van der Waals surface area contributed by atoms with E-state index < -0.39 is 11.0 Å². The number of anilines is 1. The number of ether oxygens (including phenoxy) is 1.